The summed E-state index contributed by atoms with van der Waals surface area (Å²) in [6.07, 6.45) is 2.81. The molecule has 184 valence electrons. The number of nitrogens with one attached hydrogen (secondary N) is 1. The summed E-state index contributed by atoms with van der Waals surface area (Å²) in [7, 11) is 4.14. The molecule has 8 heteroatoms. The predicted octanol–water partition coefficient (Wildman–Crippen LogP) is 4.12. The monoisotopic (exact) mass is 482 g/mol. The summed E-state index contributed by atoms with van der Waals surface area (Å²) in [6.45, 7) is 5.13. The number of rotatable bonds is 7. The van der Waals surface area contributed by atoms with Crippen molar-refractivity contribution in [1.82, 2.24) is 15.0 Å². The fraction of sp³-hybridized carbons (Fsp3) is 0.321. The highest BCUT2D eigenvalue weighted by Gasteiger charge is 2.34. The highest BCUT2D eigenvalue weighted by molar-refractivity contribution is 6.28. The topological polar surface area (TPSA) is 77.7 Å². The van der Waals surface area contributed by atoms with Gasteiger partial charge in [0.15, 0.2) is 11.5 Å². The van der Waals surface area contributed by atoms with Crippen molar-refractivity contribution in [3.8, 4) is 11.3 Å². The number of hydrogen-bond acceptors (Lipinski definition) is 8. The normalized spacial score (nSPS) is 15.0. The predicted molar refractivity (Wildman–Crippen MR) is 143 cm³/mol. The summed E-state index contributed by atoms with van der Waals surface area (Å²) in [5, 5.41) is 8.90. The van der Waals surface area contributed by atoms with Gasteiger partial charge in [0, 0.05) is 55.7 Å². The molecule has 2 aliphatic rings. The number of ketones is 1. The Morgan fingerprint density at radius 2 is 1.75 bits per heavy atom. The molecular formula is C28H30N6O2. The molecule has 0 atom stereocenters. The van der Waals surface area contributed by atoms with E-state index in [0.29, 0.717) is 16.9 Å². The van der Waals surface area contributed by atoms with Crippen LogP contribution in [0, 0.1) is 0 Å². The molecule has 0 radical (unpaired) electrons. The average molecular weight is 483 g/mol. The van der Waals surface area contributed by atoms with Crippen LogP contribution in [0.5, 0.6) is 0 Å². The Kier molecular flexibility index (Phi) is 5.81. The number of carbonyl (C=O) groups is 1. The Morgan fingerprint density at radius 3 is 2.50 bits per heavy atom. The van der Waals surface area contributed by atoms with Crippen LogP contribution in [0.2, 0.25) is 0 Å². The van der Waals surface area contributed by atoms with Crippen LogP contribution in [0.3, 0.4) is 0 Å². The van der Waals surface area contributed by atoms with Crippen molar-refractivity contribution in [1.29, 1.82) is 0 Å². The second kappa shape index (κ2) is 9.28. The molecule has 0 unspecified atom stereocenters. The first-order valence-electron chi connectivity index (χ1n) is 12.5. The van der Waals surface area contributed by atoms with Gasteiger partial charge in [0.1, 0.15) is 11.3 Å². The van der Waals surface area contributed by atoms with E-state index >= 15 is 0 Å². The largest absolute Gasteiger partial charge is 0.384 e. The van der Waals surface area contributed by atoms with Crippen LogP contribution in [0.1, 0.15) is 22.3 Å². The quantitative estimate of drug-likeness (QED) is 0.347. The van der Waals surface area contributed by atoms with Crippen molar-refractivity contribution in [3.63, 3.8) is 0 Å². The maximum atomic E-state index is 13.7. The van der Waals surface area contributed by atoms with Gasteiger partial charge in [-0.25, -0.2) is 4.98 Å². The molecule has 1 fully saturated rings. The molecule has 2 aromatic carbocycles. The zero-order chi connectivity index (χ0) is 24.6. The van der Waals surface area contributed by atoms with Gasteiger partial charge < -0.3 is 24.5 Å². The first-order valence-corrected chi connectivity index (χ1v) is 12.5. The standard InChI is InChI=1S/C28H30N6O2/c1-32(2)13-7-12-29-21-18-22(33-14-16-34(17-15-33)23-10-5-6-11-30-23)26-25-24(21)27(35)19-8-3-4-9-20(19)28(25)36-31-26/h3-6,8-11,18,29H,7,12-17H2,1-2H3. The third-order valence-corrected chi connectivity index (χ3v) is 7.07. The molecule has 3 heterocycles. The number of nitrogens with zero attached hydrogens (tertiary/aromatic N) is 5. The van der Waals surface area contributed by atoms with Gasteiger partial charge in [0.05, 0.1) is 16.6 Å². The minimum Gasteiger partial charge on any atom is -0.384 e. The molecule has 0 spiro atoms. The molecule has 0 saturated carbocycles. The van der Waals surface area contributed by atoms with E-state index in [4.69, 9.17) is 4.52 Å². The third kappa shape index (κ3) is 3.87. The van der Waals surface area contributed by atoms with Gasteiger partial charge in [-0.3, -0.25) is 4.79 Å². The molecular weight excluding hydrogens is 452 g/mol. The number of carbonyl (C=O) groups excluding carboxylic acids is 1. The van der Waals surface area contributed by atoms with E-state index in [1.54, 1.807) is 0 Å². The third-order valence-electron chi connectivity index (χ3n) is 7.07. The van der Waals surface area contributed by atoms with Gasteiger partial charge in [-0.2, -0.15) is 0 Å². The lowest BCUT2D eigenvalue weighted by atomic mass is 9.86. The fourth-order valence-corrected chi connectivity index (χ4v) is 5.26. The second-order valence-electron chi connectivity index (χ2n) is 9.67. The lowest BCUT2D eigenvalue weighted by Gasteiger charge is -2.37. The van der Waals surface area contributed by atoms with E-state index < -0.39 is 0 Å². The lowest BCUT2D eigenvalue weighted by molar-refractivity contribution is 0.104. The first-order chi connectivity index (χ1) is 17.6. The Bertz CT molecular complexity index is 1410. The van der Waals surface area contributed by atoms with Crippen LogP contribution in [-0.4, -0.2) is 74.2 Å². The van der Waals surface area contributed by atoms with Crippen LogP contribution < -0.4 is 15.1 Å². The molecule has 0 amide bonds. The Balaban J connectivity index is 1.38. The molecule has 1 N–H and O–H groups in total. The van der Waals surface area contributed by atoms with Gasteiger partial charge in [-0.1, -0.05) is 35.5 Å². The SMILES string of the molecule is CN(C)CCCNc1cc(N2CCN(c3ccccn3)CC2)c2noc3c2c1C(=O)c1ccccc1-3. The summed E-state index contributed by atoms with van der Waals surface area (Å²) in [5.41, 5.74) is 4.76. The Hall–Kier alpha value is -3.91. The zero-order valence-electron chi connectivity index (χ0n) is 20.7. The molecule has 4 aromatic rings. The van der Waals surface area contributed by atoms with Crippen molar-refractivity contribution >= 4 is 33.9 Å². The summed E-state index contributed by atoms with van der Waals surface area (Å²) in [5.74, 6) is 1.70. The number of fused-ring (bicyclic) bond motifs is 2. The van der Waals surface area contributed by atoms with Crippen LogP contribution in [0.4, 0.5) is 17.2 Å². The maximum Gasteiger partial charge on any atom is 0.196 e. The van der Waals surface area contributed by atoms with Gasteiger partial charge in [-0.05, 0) is 45.3 Å². The summed E-state index contributed by atoms with van der Waals surface area (Å²) in [4.78, 5) is 25.0. The van der Waals surface area contributed by atoms with E-state index in [9.17, 15) is 4.79 Å². The van der Waals surface area contributed by atoms with Crippen molar-refractivity contribution in [2.45, 2.75) is 6.42 Å². The molecule has 1 saturated heterocycles. The summed E-state index contributed by atoms with van der Waals surface area (Å²) < 4.78 is 5.92. The van der Waals surface area contributed by atoms with Gasteiger partial charge in [0.2, 0.25) is 0 Å². The second-order valence-corrected chi connectivity index (χ2v) is 9.67. The van der Waals surface area contributed by atoms with E-state index in [0.717, 1.165) is 79.3 Å². The molecule has 1 aliphatic heterocycles. The molecule has 36 heavy (non-hydrogen) atoms. The lowest BCUT2D eigenvalue weighted by Crippen LogP contribution is -2.47. The number of piperazine rings is 1. The van der Waals surface area contributed by atoms with Gasteiger partial charge in [0.25, 0.3) is 0 Å². The van der Waals surface area contributed by atoms with Crippen LogP contribution in [-0.2, 0) is 0 Å². The number of anilines is 3. The van der Waals surface area contributed by atoms with Crippen LogP contribution >= 0.6 is 0 Å². The Labute approximate surface area is 210 Å². The fourth-order valence-electron chi connectivity index (χ4n) is 5.26. The first kappa shape index (κ1) is 22.5. The average Bonchev–Trinajstić information content (AvgIpc) is 3.36. The molecule has 0 bridgehead atoms. The van der Waals surface area contributed by atoms with Gasteiger partial charge in [-0.15, -0.1) is 0 Å². The summed E-state index contributed by atoms with van der Waals surface area (Å²) in [6, 6.07) is 15.8. The van der Waals surface area contributed by atoms with Crippen molar-refractivity contribution in [3.05, 3.63) is 65.9 Å². The number of benzene rings is 2. The van der Waals surface area contributed by atoms with E-state index in [2.05, 4.69) is 56.4 Å². The maximum absolute atomic E-state index is 13.7. The van der Waals surface area contributed by atoms with E-state index in [1.807, 2.05) is 42.6 Å². The van der Waals surface area contributed by atoms with Gasteiger partial charge >= 0.3 is 0 Å². The van der Waals surface area contributed by atoms with Crippen molar-refractivity contribution in [2.75, 3.05) is 68.5 Å². The molecule has 8 nitrogen and oxygen atoms in total. The smallest absolute Gasteiger partial charge is 0.196 e. The van der Waals surface area contributed by atoms with Crippen molar-refractivity contribution in [2.24, 2.45) is 0 Å². The molecule has 6 rings (SSSR count). The minimum atomic E-state index is 0.0212. The summed E-state index contributed by atoms with van der Waals surface area (Å²) >= 11 is 0. The molecule has 2 aromatic heterocycles. The number of aromatic nitrogens is 2. The number of hydrogen-bond donors (Lipinski definition) is 1. The number of pyridine rings is 1. The zero-order valence-corrected chi connectivity index (χ0v) is 20.7. The van der Waals surface area contributed by atoms with E-state index in [1.165, 1.54) is 0 Å². The highest BCUT2D eigenvalue weighted by Crippen LogP contribution is 2.45. The van der Waals surface area contributed by atoms with Crippen molar-refractivity contribution < 1.29 is 9.32 Å². The van der Waals surface area contributed by atoms with Crippen LogP contribution in [0.15, 0.2) is 59.3 Å². The van der Waals surface area contributed by atoms with Crippen LogP contribution in [0.25, 0.3) is 22.2 Å². The molecule has 1 aliphatic carbocycles. The minimum absolute atomic E-state index is 0.0212. The van der Waals surface area contributed by atoms with E-state index in [-0.39, 0.29) is 5.78 Å². The Morgan fingerprint density at radius 1 is 1.00 bits per heavy atom. The highest BCUT2D eigenvalue weighted by atomic mass is 16.5.